The van der Waals surface area contributed by atoms with Gasteiger partial charge in [0, 0.05) is 49.8 Å². The number of carbonyl (C=O) groups is 1. The predicted octanol–water partition coefficient (Wildman–Crippen LogP) is 2.26. The Morgan fingerprint density at radius 2 is 2.00 bits per heavy atom. The maximum atomic E-state index is 12.0. The molecule has 1 N–H and O–H groups in total. The predicted molar refractivity (Wildman–Crippen MR) is 100 cm³/mol. The van der Waals surface area contributed by atoms with Crippen molar-refractivity contribution in [1.29, 1.82) is 0 Å². The first-order valence-corrected chi connectivity index (χ1v) is 9.60. The van der Waals surface area contributed by atoms with Crippen molar-refractivity contribution >= 4 is 16.8 Å². The molecule has 2 aliphatic rings. The van der Waals surface area contributed by atoms with Crippen LogP contribution in [0, 0.1) is 0 Å². The summed E-state index contributed by atoms with van der Waals surface area (Å²) in [5.41, 5.74) is 1.12. The largest absolute Gasteiger partial charge is 0.490 e. The van der Waals surface area contributed by atoms with Gasteiger partial charge in [0.25, 0.3) is 0 Å². The molecule has 1 aromatic carbocycles. The highest BCUT2D eigenvalue weighted by molar-refractivity contribution is 5.85. The summed E-state index contributed by atoms with van der Waals surface area (Å²) in [5.74, 6) is 1.19. The number of carbonyl (C=O) groups excluding carboxylic acids is 1. The zero-order valence-corrected chi connectivity index (χ0v) is 15.2. The van der Waals surface area contributed by atoms with Crippen LogP contribution in [-0.4, -0.2) is 72.7 Å². The summed E-state index contributed by atoms with van der Waals surface area (Å²) in [6.45, 7) is 5.72. The third kappa shape index (κ3) is 4.02. The Kier molecular flexibility index (Phi) is 5.41. The van der Waals surface area contributed by atoms with Crippen LogP contribution >= 0.6 is 0 Å². The summed E-state index contributed by atoms with van der Waals surface area (Å²) in [6, 6.07) is 8.22. The number of nitrogens with one attached hydrogen (secondary N) is 1. The van der Waals surface area contributed by atoms with Crippen LogP contribution in [0.4, 0.5) is 0 Å². The Morgan fingerprint density at radius 1 is 1.12 bits per heavy atom. The molecule has 6 nitrogen and oxygen atoms in total. The monoisotopic (exact) mass is 357 g/mol. The number of hydrogen-bond donors (Lipinski definition) is 1. The number of amides is 1. The third-order valence-corrected chi connectivity index (χ3v) is 5.39. The fourth-order valence-electron chi connectivity index (χ4n) is 3.81. The summed E-state index contributed by atoms with van der Waals surface area (Å²) in [4.78, 5) is 19.6. The van der Waals surface area contributed by atoms with Crippen molar-refractivity contribution < 1.29 is 14.3 Å². The molecule has 4 rings (SSSR count). The summed E-state index contributed by atoms with van der Waals surface area (Å²) >= 11 is 0. The van der Waals surface area contributed by atoms with Gasteiger partial charge in [0.15, 0.2) is 0 Å². The Labute approximate surface area is 154 Å². The number of rotatable bonds is 5. The quantitative estimate of drug-likeness (QED) is 0.892. The number of fused-ring (bicyclic) bond motifs is 1. The summed E-state index contributed by atoms with van der Waals surface area (Å²) in [7, 11) is 0. The number of H-pyrrole nitrogens is 1. The molecule has 6 heteroatoms. The lowest BCUT2D eigenvalue weighted by atomic mass is 10.1. The first-order valence-electron chi connectivity index (χ1n) is 9.60. The molecule has 26 heavy (non-hydrogen) atoms. The van der Waals surface area contributed by atoms with E-state index in [4.69, 9.17) is 9.47 Å². The number of nitrogens with zero attached hydrogens (tertiary/aromatic N) is 2. The van der Waals surface area contributed by atoms with Crippen LogP contribution in [0.2, 0.25) is 0 Å². The number of likely N-dealkylation sites (tertiary alicyclic amines) is 1. The fraction of sp³-hybridized carbons (Fsp3) is 0.550. The zero-order valence-electron chi connectivity index (χ0n) is 15.2. The zero-order chi connectivity index (χ0) is 17.8. The number of hydrogen-bond acceptors (Lipinski definition) is 4. The number of aromatic amines is 1. The Morgan fingerprint density at radius 3 is 2.88 bits per heavy atom. The molecule has 0 unspecified atom stereocenters. The summed E-state index contributed by atoms with van der Waals surface area (Å²) in [6.07, 6.45) is 4.78. The maximum Gasteiger partial charge on any atom is 0.225 e. The molecule has 2 aromatic rings. The number of aromatic nitrogens is 1. The van der Waals surface area contributed by atoms with Crippen LogP contribution in [0.1, 0.15) is 19.3 Å². The van der Waals surface area contributed by atoms with Crippen molar-refractivity contribution in [2.24, 2.45) is 0 Å². The van der Waals surface area contributed by atoms with Crippen molar-refractivity contribution in [3.8, 4) is 5.75 Å². The molecule has 1 amide bonds. The summed E-state index contributed by atoms with van der Waals surface area (Å²) < 4.78 is 11.7. The van der Waals surface area contributed by atoms with Crippen molar-refractivity contribution in [3.63, 3.8) is 0 Å². The van der Waals surface area contributed by atoms with Crippen LogP contribution in [0.5, 0.6) is 5.75 Å². The van der Waals surface area contributed by atoms with Gasteiger partial charge in [-0.25, -0.2) is 0 Å². The van der Waals surface area contributed by atoms with E-state index in [0.717, 1.165) is 62.2 Å². The van der Waals surface area contributed by atoms with Gasteiger partial charge in [0.05, 0.1) is 19.6 Å². The molecule has 140 valence electrons. The highest BCUT2D eigenvalue weighted by Crippen LogP contribution is 2.27. The maximum absolute atomic E-state index is 12.0. The third-order valence-electron chi connectivity index (χ3n) is 5.39. The normalized spacial score (nSPS) is 20.5. The fourth-order valence-corrected chi connectivity index (χ4v) is 3.81. The molecule has 2 aliphatic heterocycles. The highest BCUT2D eigenvalue weighted by atomic mass is 16.5. The van der Waals surface area contributed by atoms with Crippen molar-refractivity contribution in [1.82, 2.24) is 14.8 Å². The minimum absolute atomic E-state index is 0.223. The van der Waals surface area contributed by atoms with Crippen LogP contribution < -0.4 is 4.74 Å². The molecule has 0 saturated carbocycles. The van der Waals surface area contributed by atoms with Gasteiger partial charge in [-0.05, 0) is 31.0 Å². The minimum Gasteiger partial charge on any atom is -0.490 e. The number of piperidine rings is 1. The van der Waals surface area contributed by atoms with E-state index >= 15 is 0 Å². The molecular formula is C20H27N3O3. The van der Waals surface area contributed by atoms with Gasteiger partial charge >= 0.3 is 0 Å². The van der Waals surface area contributed by atoms with E-state index in [9.17, 15) is 4.79 Å². The Hall–Kier alpha value is -2.05. The molecule has 0 radical (unpaired) electrons. The van der Waals surface area contributed by atoms with Gasteiger partial charge in [-0.1, -0.05) is 6.07 Å². The molecule has 0 bridgehead atoms. The first kappa shape index (κ1) is 17.4. The van der Waals surface area contributed by atoms with Crippen LogP contribution in [0.15, 0.2) is 30.5 Å². The second-order valence-electron chi connectivity index (χ2n) is 7.10. The van der Waals surface area contributed by atoms with E-state index in [1.54, 1.807) is 0 Å². The van der Waals surface area contributed by atoms with E-state index < -0.39 is 0 Å². The lowest BCUT2D eigenvalue weighted by Crippen LogP contribution is -2.43. The SMILES string of the molecule is O=C1CCOCCN1CCN1CCC(Oc2cccc3[nH]ccc23)CC1. The first-order chi connectivity index (χ1) is 12.8. The van der Waals surface area contributed by atoms with Crippen LogP contribution in [0.25, 0.3) is 10.9 Å². The van der Waals surface area contributed by atoms with Gasteiger partial charge in [0.1, 0.15) is 11.9 Å². The Balaban J connectivity index is 1.25. The van der Waals surface area contributed by atoms with E-state index in [1.165, 1.54) is 0 Å². The average Bonchev–Trinajstić information content (AvgIpc) is 3.05. The molecular weight excluding hydrogens is 330 g/mol. The van der Waals surface area contributed by atoms with Gasteiger partial charge in [-0.2, -0.15) is 0 Å². The standard InChI is InChI=1S/C20H27N3O3/c24-20-7-14-25-15-13-23(20)12-11-22-9-5-16(6-10-22)26-19-3-1-2-18-17(19)4-8-21-18/h1-4,8,16,21H,5-7,9-15H2. The lowest BCUT2D eigenvalue weighted by Gasteiger charge is -2.33. The second kappa shape index (κ2) is 8.10. The summed E-state index contributed by atoms with van der Waals surface area (Å²) in [5, 5.41) is 1.15. The van der Waals surface area contributed by atoms with Gasteiger partial charge < -0.3 is 24.3 Å². The van der Waals surface area contributed by atoms with E-state index in [2.05, 4.69) is 28.1 Å². The average molecular weight is 357 g/mol. The minimum atomic E-state index is 0.223. The van der Waals surface area contributed by atoms with Crippen LogP contribution in [-0.2, 0) is 9.53 Å². The van der Waals surface area contributed by atoms with Gasteiger partial charge in [0.2, 0.25) is 5.91 Å². The van der Waals surface area contributed by atoms with Crippen LogP contribution in [0.3, 0.4) is 0 Å². The van der Waals surface area contributed by atoms with E-state index in [0.29, 0.717) is 19.6 Å². The smallest absolute Gasteiger partial charge is 0.225 e. The molecule has 0 spiro atoms. The Bertz CT molecular complexity index is 737. The molecule has 1 aromatic heterocycles. The molecule has 2 fully saturated rings. The number of benzene rings is 1. The molecule has 0 atom stereocenters. The van der Waals surface area contributed by atoms with Crippen molar-refractivity contribution in [3.05, 3.63) is 30.5 Å². The van der Waals surface area contributed by atoms with Gasteiger partial charge in [-0.3, -0.25) is 4.79 Å². The van der Waals surface area contributed by atoms with Crippen molar-refractivity contribution in [2.75, 3.05) is 45.9 Å². The highest BCUT2D eigenvalue weighted by Gasteiger charge is 2.23. The topological polar surface area (TPSA) is 57.8 Å². The number of ether oxygens (including phenoxy) is 2. The molecule has 3 heterocycles. The molecule has 0 aliphatic carbocycles. The lowest BCUT2D eigenvalue weighted by molar-refractivity contribution is -0.130. The molecule has 2 saturated heterocycles. The van der Waals surface area contributed by atoms with Gasteiger partial charge in [-0.15, -0.1) is 0 Å². The second-order valence-corrected chi connectivity index (χ2v) is 7.10. The van der Waals surface area contributed by atoms with E-state index in [1.807, 2.05) is 17.2 Å². The van der Waals surface area contributed by atoms with E-state index in [-0.39, 0.29) is 12.0 Å². The van der Waals surface area contributed by atoms with Crippen molar-refractivity contribution in [2.45, 2.75) is 25.4 Å².